The van der Waals surface area contributed by atoms with Crippen molar-refractivity contribution >= 4 is 5.69 Å². The summed E-state index contributed by atoms with van der Waals surface area (Å²) in [5, 5.41) is 3.58. The molecule has 0 fully saturated rings. The predicted molar refractivity (Wildman–Crippen MR) is 78.7 cm³/mol. The summed E-state index contributed by atoms with van der Waals surface area (Å²) in [4.78, 5) is 0. The number of rotatable bonds is 3. The molecule has 2 aromatic rings. The number of ether oxygens (including phenoxy) is 1. The van der Waals surface area contributed by atoms with Crippen LogP contribution in [-0.4, -0.2) is 6.10 Å². The van der Waals surface area contributed by atoms with Gasteiger partial charge in [-0.25, -0.2) is 0 Å². The quantitative estimate of drug-likeness (QED) is 0.885. The summed E-state index contributed by atoms with van der Waals surface area (Å²) in [6.07, 6.45) is 1.25. The van der Waals surface area contributed by atoms with Crippen molar-refractivity contribution in [1.82, 2.24) is 0 Å². The first-order valence-corrected chi connectivity index (χ1v) is 6.83. The molecule has 0 saturated carbocycles. The molecule has 1 aliphatic heterocycles. The molecule has 2 nitrogen and oxygen atoms in total. The fraction of sp³-hybridized carbons (Fsp3) is 0.294. The topological polar surface area (TPSA) is 21.3 Å². The van der Waals surface area contributed by atoms with Gasteiger partial charge in [0.15, 0.2) is 0 Å². The van der Waals surface area contributed by atoms with Gasteiger partial charge in [-0.15, -0.1) is 0 Å². The Kier molecular flexibility index (Phi) is 3.16. The molecular formula is C17H19NO. The van der Waals surface area contributed by atoms with Crippen LogP contribution in [-0.2, 0) is 6.42 Å². The van der Waals surface area contributed by atoms with Crippen LogP contribution in [0, 0.1) is 0 Å². The van der Waals surface area contributed by atoms with Gasteiger partial charge < -0.3 is 10.1 Å². The van der Waals surface area contributed by atoms with E-state index >= 15 is 0 Å². The Bertz CT molecular complexity index is 552. The smallest absolute Gasteiger partial charge is 0.120 e. The van der Waals surface area contributed by atoms with E-state index in [0.717, 1.165) is 12.2 Å². The van der Waals surface area contributed by atoms with E-state index in [1.54, 1.807) is 0 Å². The molecule has 2 heteroatoms. The zero-order valence-electron chi connectivity index (χ0n) is 11.4. The van der Waals surface area contributed by atoms with Gasteiger partial charge >= 0.3 is 0 Å². The standard InChI is InChI=1S/C17H19NO/c1-12(2)19-15-8-5-7-13(10-15)17-11-14-6-3-4-9-16(14)18-17/h3-10,12,17-18H,11H2,1-2H3. The molecule has 1 N–H and O–H groups in total. The highest BCUT2D eigenvalue weighted by atomic mass is 16.5. The van der Waals surface area contributed by atoms with Gasteiger partial charge in [-0.1, -0.05) is 30.3 Å². The van der Waals surface area contributed by atoms with E-state index in [1.165, 1.54) is 16.8 Å². The molecule has 1 aliphatic rings. The van der Waals surface area contributed by atoms with Crippen LogP contribution < -0.4 is 10.1 Å². The molecule has 19 heavy (non-hydrogen) atoms. The van der Waals surface area contributed by atoms with Gasteiger partial charge in [-0.3, -0.25) is 0 Å². The van der Waals surface area contributed by atoms with Crippen LogP contribution in [0.25, 0.3) is 0 Å². The lowest BCUT2D eigenvalue weighted by Crippen LogP contribution is -2.08. The lowest BCUT2D eigenvalue weighted by Gasteiger charge is -2.15. The first-order valence-electron chi connectivity index (χ1n) is 6.83. The summed E-state index contributed by atoms with van der Waals surface area (Å²) in [6.45, 7) is 4.10. The van der Waals surface area contributed by atoms with E-state index in [0.29, 0.717) is 6.04 Å². The highest BCUT2D eigenvalue weighted by molar-refractivity contribution is 5.58. The predicted octanol–water partition coefficient (Wildman–Crippen LogP) is 4.18. The number of fused-ring (bicyclic) bond motifs is 1. The molecular weight excluding hydrogens is 234 g/mol. The second-order valence-corrected chi connectivity index (χ2v) is 5.30. The Morgan fingerprint density at radius 2 is 1.95 bits per heavy atom. The molecule has 0 amide bonds. The molecule has 1 unspecified atom stereocenters. The fourth-order valence-electron chi connectivity index (χ4n) is 2.58. The molecule has 98 valence electrons. The Balaban J connectivity index is 1.81. The number of anilines is 1. The first-order chi connectivity index (χ1) is 9.22. The lowest BCUT2D eigenvalue weighted by molar-refractivity contribution is 0.242. The number of hydrogen-bond acceptors (Lipinski definition) is 2. The van der Waals surface area contributed by atoms with E-state index in [2.05, 4.69) is 61.6 Å². The summed E-state index contributed by atoms with van der Waals surface area (Å²) < 4.78 is 5.76. The van der Waals surface area contributed by atoms with E-state index in [4.69, 9.17) is 4.74 Å². The van der Waals surface area contributed by atoms with Crippen LogP contribution in [0.2, 0.25) is 0 Å². The second-order valence-electron chi connectivity index (χ2n) is 5.30. The molecule has 3 rings (SSSR count). The van der Waals surface area contributed by atoms with Gasteiger partial charge in [0.25, 0.3) is 0 Å². The zero-order chi connectivity index (χ0) is 13.2. The Morgan fingerprint density at radius 1 is 1.11 bits per heavy atom. The van der Waals surface area contributed by atoms with Gasteiger partial charge in [0.05, 0.1) is 12.1 Å². The fourth-order valence-corrected chi connectivity index (χ4v) is 2.58. The highest BCUT2D eigenvalue weighted by Crippen LogP contribution is 2.34. The van der Waals surface area contributed by atoms with Crippen LogP contribution in [0.15, 0.2) is 48.5 Å². The van der Waals surface area contributed by atoms with Gasteiger partial charge in [0, 0.05) is 5.69 Å². The third kappa shape index (κ3) is 2.58. The molecule has 1 heterocycles. The van der Waals surface area contributed by atoms with Crippen molar-refractivity contribution in [2.45, 2.75) is 32.4 Å². The maximum absolute atomic E-state index is 5.76. The molecule has 0 bridgehead atoms. The van der Waals surface area contributed by atoms with E-state index in [9.17, 15) is 0 Å². The van der Waals surface area contributed by atoms with Crippen LogP contribution in [0.4, 0.5) is 5.69 Å². The van der Waals surface area contributed by atoms with Crippen molar-refractivity contribution in [3.8, 4) is 5.75 Å². The van der Waals surface area contributed by atoms with Crippen molar-refractivity contribution in [3.05, 3.63) is 59.7 Å². The third-order valence-electron chi connectivity index (χ3n) is 3.40. The van der Waals surface area contributed by atoms with Crippen LogP contribution in [0.3, 0.4) is 0 Å². The van der Waals surface area contributed by atoms with E-state index in [-0.39, 0.29) is 6.10 Å². The van der Waals surface area contributed by atoms with Crippen molar-refractivity contribution < 1.29 is 4.74 Å². The Morgan fingerprint density at radius 3 is 2.74 bits per heavy atom. The summed E-state index contributed by atoms with van der Waals surface area (Å²) in [5.41, 5.74) is 3.93. The van der Waals surface area contributed by atoms with Gasteiger partial charge in [-0.2, -0.15) is 0 Å². The molecule has 0 aliphatic carbocycles. The minimum atomic E-state index is 0.212. The molecule has 0 spiro atoms. The van der Waals surface area contributed by atoms with Gasteiger partial charge in [-0.05, 0) is 49.6 Å². The molecule has 0 saturated heterocycles. The summed E-state index contributed by atoms with van der Waals surface area (Å²) in [6, 6.07) is 17.3. The molecule has 2 aromatic carbocycles. The Hall–Kier alpha value is -1.96. The number of benzene rings is 2. The normalized spacial score (nSPS) is 17.1. The lowest BCUT2D eigenvalue weighted by atomic mass is 10.0. The number of nitrogens with one attached hydrogen (secondary N) is 1. The Labute approximate surface area is 114 Å². The van der Waals surface area contributed by atoms with Crippen LogP contribution in [0.5, 0.6) is 5.75 Å². The summed E-state index contributed by atoms with van der Waals surface area (Å²) in [7, 11) is 0. The summed E-state index contributed by atoms with van der Waals surface area (Å²) >= 11 is 0. The molecule has 0 aromatic heterocycles. The molecule has 1 atom stereocenters. The monoisotopic (exact) mass is 253 g/mol. The van der Waals surface area contributed by atoms with E-state index < -0.39 is 0 Å². The van der Waals surface area contributed by atoms with Crippen molar-refractivity contribution in [2.75, 3.05) is 5.32 Å². The number of para-hydroxylation sites is 1. The maximum Gasteiger partial charge on any atom is 0.120 e. The van der Waals surface area contributed by atoms with Crippen LogP contribution in [0.1, 0.15) is 31.0 Å². The van der Waals surface area contributed by atoms with E-state index in [1.807, 2.05) is 6.07 Å². The molecule has 0 radical (unpaired) electrons. The maximum atomic E-state index is 5.76. The minimum Gasteiger partial charge on any atom is -0.491 e. The number of hydrogen-bond donors (Lipinski definition) is 1. The third-order valence-corrected chi connectivity index (χ3v) is 3.40. The van der Waals surface area contributed by atoms with Crippen molar-refractivity contribution in [3.63, 3.8) is 0 Å². The summed E-state index contributed by atoms with van der Waals surface area (Å²) in [5.74, 6) is 0.949. The van der Waals surface area contributed by atoms with Gasteiger partial charge in [0.1, 0.15) is 5.75 Å². The van der Waals surface area contributed by atoms with Crippen molar-refractivity contribution in [1.29, 1.82) is 0 Å². The first kappa shape index (κ1) is 12.1. The van der Waals surface area contributed by atoms with Crippen LogP contribution >= 0.6 is 0 Å². The highest BCUT2D eigenvalue weighted by Gasteiger charge is 2.21. The minimum absolute atomic E-state index is 0.212. The average Bonchev–Trinajstić information content (AvgIpc) is 2.82. The zero-order valence-corrected chi connectivity index (χ0v) is 11.4. The van der Waals surface area contributed by atoms with Crippen molar-refractivity contribution in [2.24, 2.45) is 0 Å². The SMILES string of the molecule is CC(C)Oc1cccc(C2Cc3ccccc3N2)c1. The second kappa shape index (κ2) is 4.96. The van der Waals surface area contributed by atoms with Gasteiger partial charge in [0.2, 0.25) is 0 Å². The largest absolute Gasteiger partial charge is 0.491 e. The average molecular weight is 253 g/mol.